The molecule has 0 saturated carbocycles. The molecule has 14 nitrogen and oxygen atoms in total. The molecule has 6 heterocycles. The standard InChI is InChI=1S/2C23H27FN6O.2CH4/c2*1-4-19-23(31)28(3)20-13-25-21(27-22(20)30(19)5-2)11-8-17-12-26-29(15-17)14-16-6-9-18(24)10-7-16;;/h2*6-7,9-10,12-13,15,19H,4-5,8,11,14H2,1-3H3;2*1H4/t2*19-;;/m10../s1. The van der Waals surface area contributed by atoms with Crippen LogP contribution in [0.3, 0.4) is 0 Å². The molecule has 2 aliphatic rings. The Hall–Kier alpha value is -6.58. The molecule has 2 amide bonds. The van der Waals surface area contributed by atoms with Gasteiger partial charge in [-0.05, 0) is 86.1 Å². The van der Waals surface area contributed by atoms with Crippen LogP contribution in [0, 0.1) is 11.6 Å². The Balaban J connectivity index is 0.000000234. The van der Waals surface area contributed by atoms with Gasteiger partial charge in [-0.3, -0.25) is 19.0 Å². The van der Waals surface area contributed by atoms with Gasteiger partial charge in [0, 0.05) is 52.4 Å². The third kappa shape index (κ3) is 10.8. The number of hydrogen-bond donors (Lipinski definition) is 0. The third-order valence-corrected chi connectivity index (χ3v) is 11.5. The first-order chi connectivity index (χ1) is 30.0. The van der Waals surface area contributed by atoms with Gasteiger partial charge in [-0.1, -0.05) is 53.0 Å². The Bertz CT molecular complexity index is 2300. The number of fused-ring (bicyclic) bond motifs is 2. The lowest BCUT2D eigenvalue weighted by molar-refractivity contribution is -0.120. The van der Waals surface area contributed by atoms with E-state index in [1.54, 1.807) is 60.6 Å². The lowest BCUT2D eigenvalue weighted by Gasteiger charge is -2.39. The van der Waals surface area contributed by atoms with Gasteiger partial charge in [0.2, 0.25) is 11.8 Å². The number of anilines is 4. The summed E-state index contributed by atoms with van der Waals surface area (Å²) < 4.78 is 29.8. The van der Waals surface area contributed by atoms with E-state index in [-0.39, 0.29) is 50.4 Å². The minimum Gasteiger partial charge on any atom is -0.343 e. The fraction of sp³-hybridized carbons (Fsp3) is 0.417. The summed E-state index contributed by atoms with van der Waals surface area (Å²) in [5.41, 5.74) is 5.69. The summed E-state index contributed by atoms with van der Waals surface area (Å²) in [7, 11) is 3.57. The molecule has 0 saturated heterocycles. The molecule has 4 aromatic heterocycles. The molecule has 2 aliphatic heterocycles. The van der Waals surface area contributed by atoms with Crippen LogP contribution in [-0.4, -0.2) is 90.6 Å². The second kappa shape index (κ2) is 21.7. The van der Waals surface area contributed by atoms with Crippen molar-refractivity contribution in [3.63, 3.8) is 0 Å². The van der Waals surface area contributed by atoms with E-state index in [9.17, 15) is 18.4 Å². The molecule has 64 heavy (non-hydrogen) atoms. The number of aromatic nitrogens is 8. The van der Waals surface area contributed by atoms with Gasteiger partial charge < -0.3 is 19.6 Å². The van der Waals surface area contributed by atoms with E-state index in [0.717, 1.165) is 95.7 Å². The van der Waals surface area contributed by atoms with E-state index in [1.807, 2.05) is 61.8 Å². The van der Waals surface area contributed by atoms with Gasteiger partial charge in [0.1, 0.15) is 46.7 Å². The summed E-state index contributed by atoms with van der Waals surface area (Å²) in [6.45, 7) is 10.8. The van der Waals surface area contributed by atoms with Crippen molar-refractivity contribution < 1.29 is 18.4 Å². The fourth-order valence-electron chi connectivity index (χ4n) is 8.03. The lowest BCUT2D eigenvalue weighted by atomic mass is 10.1. The molecular formula is C48H62F2N12O2. The SMILES string of the molecule is C.C.CC[C@@H]1C(=O)N(C)c2cnc(CCc3cnn(Cc4ccc(F)cc4)c3)nc2N1CC.CC[C@H]1C(=O)N(C)c2cnc(CCc3cnn(Cc4ccc(F)cc4)c3)nc2N1CC. The predicted octanol–water partition coefficient (Wildman–Crippen LogP) is 7.73. The van der Waals surface area contributed by atoms with Crippen LogP contribution in [0.2, 0.25) is 0 Å². The number of aryl methyl sites for hydroxylation is 4. The van der Waals surface area contributed by atoms with Gasteiger partial charge in [-0.2, -0.15) is 10.2 Å². The molecule has 0 bridgehead atoms. The number of benzene rings is 2. The average Bonchev–Trinajstić information content (AvgIpc) is 3.95. The monoisotopic (exact) mass is 877 g/mol. The third-order valence-electron chi connectivity index (χ3n) is 11.5. The number of hydrogen-bond acceptors (Lipinski definition) is 10. The smallest absolute Gasteiger partial charge is 0.249 e. The summed E-state index contributed by atoms with van der Waals surface area (Å²) in [6, 6.07) is 12.5. The highest BCUT2D eigenvalue weighted by Gasteiger charge is 2.37. The van der Waals surface area contributed by atoms with Crippen molar-refractivity contribution >= 4 is 34.8 Å². The summed E-state index contributed by atoms with van der Waals surface area (Å²) >= 11 is 0. The maximum atomic E-state index is 13.1. The van der Waals surface area contributed by atoms with Gasteiger partial charge in [-0.15, -0.1) is 0 Å². The molecule has 6 aromatic rings. The van der Waals surface area contributed by atoms with Gasteiger partial charge in [0.15, 0.2) is 11.6 Å². The zero-order valence-electron chi connectivity index (χ0n) is 36.2. The second-order valence-corrected chi connectivity index (χ2v) is 15.6. The van der Waals surface area contributed by atoms with E-state index in [0.29, 0.717) is 25.9 Å². The van der Waals surface area contributed by atoms with E-state index >= 15 is 0 Å². The topological polar surface area (TPSA) is 134 Å². The van der Waals surface area contributed by atoms with Gasteiger partial charge >= 0.3 is 0 Å². The number of carbonyl (C=O) groups excluding carboxylic acids is 2. The molecule has 16 heteroatoms. The molecule has 0 radical (unpaired) electrons. The van der Waals surface area contributed by atoms with E-state index in [1.165, 1.54) is 24.3 Å². The Kier molecular flexibility index (Phi) is 16.4. The van der Waals surface area contributed by atoms with E-state index < -0.39 is 0 Å². The highest BCUT2D eigenvalue weighted by atomic mass is 19.1. The molecule has 2 atom stereocenters. The molecule has 0 fully saturated rings. The number of likely N-dealkylation sites (N-methyl/N-ethyl adjacent to an activating group) is 4. The first kappa shape index (κ1) is 48.5. The second-order valence-electron chi connectivity index (χ2n) is 15.6. The van der Waals surface area contributed by atoms with Crippen LogP contribution in [0.1, 0.15) is 89.3 Å². The Labute approximate surface area is 376 Å². The molecule has 0 aliphatic carbocycles. The predicted molar refractivity (Wildman–Crippen MR) is 249 cm³/mol. The van der Waals surface area contributed by atoms with Crippen molar-refractivity contribution in [3.05, 3.63) is 131 Å². The maximum absolute atomic E-state index is 13.1. The lowest BCUT2D eigenvalue weighted by Crippen LogP contribution is -2.52. The van der Waals surface area contributed by atoms with Gasteiger partial charge in [0.05, 0.1) is 37.9 Å². The zero-order chi connectivity index (χ0) is 43.9. The first-order valence-electron chi connectivity index (χ1n) is 21.3. The van der Waals surface area contributed by atoms with Crippen LogP contribution in [0.5, 0.6) is 0 Å². The van der Waals surface area contributed by atoms with Crippen molar-refractivity contribution in [2.45, 2.75) is 106 Å². The Morgan fingerprint density at radius 3 is 1.25 bits per heavy atom. The number of amides is 2. The van der Waals surface area contributed by atoms with Crippen LogP contribution in [0.25, 0.3) is 0 Å². The molecule has 8 rings (SSSR count). The van der Waals surface area contributed by atoms with E-state index in [4.69, 9.17) is 9.97 Å². The summed E-state index contributed by atoms with van der Waals surface area (Å²) in [5, 5.41) is 8.82. The van der Waals surface area contributed by atoms with E-state index in [2.05, 4.69) is 30.0 Å². The highest BCUT2D eigenvalue weighted by molar-refractivity contribution is 6.04. The number of carbonyl (C=O) groups is 2. The summed E-state index contributed by atoms with van der Waals surface area (Å²) in [5.74, 6) is 2.85. The Morgan fingerprint density at radius 2 is 0.906 bits per heavy atom. The number of rotatable bonds is 14. The molecule has 0 unspecified atom stereocenters. The van der Waals surface area contributed by atoms with Crippen molar-refractivity contribution in [2.24, 2.45) is 0 Å². The fourth-order valence-corrected chi connectivity index (χ4v) is 8.03. The molecular weight excluding hydrogens is 815 g/mol. The van der Waals surface area contributed by atoms with Crippen LogP contribution in [0.15, 0.2) is 85.7 Å². The van der Waals surface area contributed by atoms with Gasteiger partial charge in [0.25, 0.3) is 0 Å². The van der Waals surface area contributed by atoms with Crippen LogP contribution in [0.4, 0.5) is 31.8 Å². The Morgan fingerprint density at radius 1 is 0.531 bits per heavy atom. The maximum Gasteiger partial charge on any atom is 0.249 e. The minimum absolute atomic E-state index is 0. The normalized spacial score (nSPS) is 15.5. The van der Waals surface area contributed by atoms with Crippen molar-refractivity contribution in [1.29, 1.82) is 0 Å². The van der Waals surface area contributed by atoms with Crippen LogP contribution >= 0.6 is 0 Å². The zero-order valence-corrected chi connectivity index (χ0v) is 36.2. The molecule has 0 N–H and O–H groups in total. The van der Waals surface area contributed by atoms with Gasteiger partial charge in [-0.25, -0.2) is 28.7 Å². The first-order valence-corrected chi connectivity index (χ1v) is 21.3. The quantitative estimate of drug-likeness (QED) is 0.107. The van der Waals surface area contributed by atoms with Crippen molar-refractivity contribution in [1.82, 2.24) is 39.5 Å². The summed E-state index contributed by atoms with van der Waals surface area (Å²) in [4.78, 5) is 51.4. The van der Waals surface area contributed by atoms with Crippen LogP contribution in [-0.2, 0) is 48.4 Å². The molecule has 340 valence electrons. The van der Waals surface area contributed by atoms with Crippen molar-refractivity contribution in [3.8, 4) is 0 Å². The largest absolute Gasteiger partial charge is 0.343 e. The minimum atomic E-state index is -0.239. The highest BCUT2D eigenvalue weighted by Crippen LogP contribution is 2.35. The number of halogens is 2. The van der Waals surface area contributed by atoms with Crippen LogP contribution < -0.4 is 19.6 Å². The molecule has 0 spiro atoms. The van der Waals surface area contributed by atoms with Crippen molar-refractivity contribution in [2.75, 3.05) is 46.8 Å². The number of nitrogens with zero attached hydrogens (tertiary/aromatic N) is 12. The summed E-state index contributed by atoms with van der Waals surface area (Å²) in [6.07, 6.45) is 15.6. The molecule has 2 aromatic carbocycles. The average molecular weight is 877 g/mol.